The van der Waals surface area contributed by atoms with Gasteiger partial charge in [-0.3, -0.25) is 4.79 Å². The van der Waals surface area contributed by atoms with Gasteiger partial charge in [-0.25, -0.2) is 0 Å². The van der Waals surface area contributed by atoms with E-state index in [1.165, 1.54) is 0 Å². The Hall–Kier alpha value is -1.86. The lowest BCUT2D eigenvalue weighted by Crippen LogP contribution is -2.45. The Balaban J connectivity index is 2.45. The van der Waals surface area contributed by atoms with Gasteiger partial charge in [0.2, 0.25) is 5.91 Å². The van der Waals surface area contributed by atoms with E-state index in [0.717, 1.165) is 5.56 Å². The predicted molar refractivity (Wildman–Crippen MR) is 66.0 cm³/mol. The van der Waals surface area contributed by atoms with Crippen molar-refractivity contribution in [1.82, 2.24) is 5.32 Å². The molecule has 0 radical (unpaired) electrons. The fourth-order valence-electron chi connectivity index (χ4n) is 1.50. The Morgan fingerprint density at radius 1 is 1.47 bits per heavy atom. The van der Waals surface area contributed by atoms with Crippen molar-refractivity contribution in [3.05, 3.63) is 35.9 Å². The number of nitrogens with one attached hydrogen (secondary N) is 1. The first-order chi connectivity index (χ1) is 8.13. The molecule has 4 nitrogen and oxygen atoms in total. The van der Waals surface area contributed by atoms with Crippen LogP contribution in [0.15, 0.2) is 30.3 Å². The highest BCUT2D eigenvalue weighted by Crippen LogP contribution is 2.02. The zero-order chi connectivity index (χ0) is 12.7. The quantitative estimate of drug-likeness (QED) is 0.792. The van der Waals surface area contributed by atoms with Crippen molar-refractivity contribution in [2.75, 3.05) is 0 Å². The molecule has 0 aromatic heterocycles. The van der Waals surface area contributed by atoms with E-state index < -0.39 is 6.04 Å². The Morgan fingerprint density at radius 3 is 2.71 bits per heavy atom. The van der Waals surface area contributed by atoms with Crippen molar-refractivity contribution in [2.24, 2.45) is 5.73 Å². The number of nitriles is 1. The standard InChI is InChI=1S/C13H17N3O/c1-10(7-8-14)16-13(17)12(15)9-11-5-3-2-4-6-11/h2-6,10,12H,7,9,15H2,1H3,(H,16,17). The van der Waals surface area contributed by atoms with Gasteiger partial charge < -0.3 is 11.1 Å². The lowest BCUT2D eigenvalue weighted by Gasteiger charge is -2.15. The number of nitrogens with two attached hydrogens (primary N) is 1. The number of nitrogens with zero attached hydrogens (tertiary/aromatic N) is 1. The molecule has 0 spiro atoms. The van der Waals surface area contributed by atoms with Crippen molar-refractivity contribution < 1.29 is 4.79 Å². The fraction of sp³-hybridized carbons (Fsp3) is 0.385. The van der Waals surface area contributed by atoms with Crippen LogP contribution in [0.3, 0.4) is 0 Å². The smallest absolute Gasteiger partial charge is 0.237 e. The van der Waals surface area contributed by atoms with Gasteiger partial charge in [0.15, 0.2) is 0 Å². The predicted octanol–water partition coefficient (Wildman–Crippen LogP) is 0.975. The van der Waals surface area contributed by atoms with Crippen LogP contribution in [0.25, 0.3) is 0 Å². The molecule has 1 rings (SSSR count). The van der Waals surface area contributed by atoms with Crippen molar-refractivity contribution in [2.45, 2.75) is 31.8 Å². The average Bonchev–Trinajstić information content (AvgIpc) is 2.30. The third-order valence-corrected chi connectivity index (χ3v) is 2.42. The van der Waals surface area contributed by atoms with Crippen LogP contribution in [0.1, 0.15) is 18.9 Å². The molecule has 4 heteroatoms. The normalized spacial score (nSPS) is 13.5. The van der Waals surface area contributed by atoms with Crippen molar-refractivity contribution in [3.8, 4) is 6.07 Å². The van der Waals surface area contributed by atoms with E-state index in [1.807, 2.05) is 36.4 Å². The van der Waals surface area contributed by atoms with Crippen LogP contribution >= 0.6 is 0 Å². The van der Waals surface area contributed by atoms with E-state index in [9.17, 15) is 4.79 Å². The number of hydrogen-bond donors (Lipinski definition) is 2. The highest BCUT2D eigenvalue weighted by Gasteiger charge is 2.15. The van der Waals surface area contributed by atoms with Gasteiger partial charge in [0.05, 0.1) is 18.5 Å². The van der Waals surface area contributed by atoms with Crippen LogP contribution in [-0.2, 0) is 11.2 Å². The highest BCUT2D eigenvalue weighted by molar-refractivity contribution is 5.82. The van der Waals surface area contributed by atoms with Crippen LogP contribution in [0.4, 0.5) is 0 Å². The van der Waals surface area contributed by atoms with Crippen LogP contribution in [-0.4, -0.2) is 18.0 Å². The monoisotopic (exact) mass is 231 g/mol. The summed E-state index contributed by atoms with van der Waals surface area (Å²) in [7, 11) is 0. The number of rotatable bonds is 5. The molecule has 0 aliphatic carbocycles. The first-order valence-electron chi connectivity index (χ1n) is 5.60. The van der Waals surface area contributed by atoms with Crippen molar-refractivity contribution >= 4 is 5.91 Å². The summed E-state index contributed by atoms with van der Waals surface area (Å²) in [5, 5.41) is 11.2. The Kier molecular flexibility index (Phi) is 5.18. The van der Waals surface area contributed by atoms with Crippen molar-refractivity contribution in [1.29, 1.82) is 5.26 Å². The molecule has 1 amide bonds. The van der Waals surface area contributed by atoms with Gasteiger partial charge in [0, 0.05) is 6.04 Å². The Labute approximate surface area is 101 Å². The minimum atomic E-state index is -0.571. The summed E-state index contributed by atoms with van der Waals surface area (Å²) in [6.45, 7) is 1.79. The lowest BCUT2D eigenvalue weighted by atomic mass is 10.1. The molecule has 3 N–H and O–H groups in total. The van der Waals surface area contributed by atoms with Crippen LogP contribution < -0.4 is 11.1 Å². The van der Waals surface area contributed by atoms with E-state index in [4.69, 9.17) is 11.0 Å². The summed E-state index contributed by atoms with van der Waals surface area (Å²) in [6, 6.07) is 10.9. The van der Waals surface area contributed by atoms with Gasteiger partial charge in [0.25, 0.3) is 0 Å². The van der Waals surface area contributed by atoms with Gasteiger partial charge in [-0.2, -0.15) is 5.26 Å². The molecule has 0 aliphatic heterocycles. The van der Waals surface area contributed by atoms with Crippen LogP contribution in [0.5, 0.6) is 0 Å². The second-order valence-electron chi connectivity index (χ2n) is 4.07. The molecule has 0 bridgehead atoms. The molecule has 0 fully saturated rings. The minimum absolute atomic E-state index is 0.158. The van der Waals surface area contributed by atoms with Crippen molar-refractivity contribution in [3.63, 3.8) is 0 Å². The van der Waals surface area contributed by atoms with E-state index in [1.54, 1.807) is 6.92 Å². The SMILES string of the molecule is CC(CC#N)NC(=O)C(N)Cc1ccccc1. The summed E-state index contributed by atoms with van der Waals surface area (Å²) < 4.78 is 0. The van der Waals surface area contributed by atoms with Gasteiger partial charge in [-0.05, 0) is 18.9 Å². The molecule has 1 aromatic carbocycles. The summed E-state index contributed by atoms with van der Waals surface area (Å²) in [6.07, 6.45) is 0.801. The first kappa shape index (κ1) is 13.2. The van der Waals surface area contributed by atoms with Crippen LogP contribution in [0.2, 0.25) is 0 Å². The molecule has 0 aliphatic rings. The Bertz CT molecular complexity index is 397. The Morgan fingerprint density at radius 2 is 2.12 bits per heavy atom. The van der Waals surface area contributed by atoms with E-state index in [2.05, 4.69) is 5.32 Å². The zero-order valence-corrected chi connectivity index (χ0v) is 9.89. The third kappa shape index (κ3) is 4.66. The van der Waals surface area contributed by atoms with E-state index in [0.29, 0.717) is 12.8 Å². The molecular weight excluding hydrogens is 214 g/mol. The largest absolute Gasteiger partial charge is 0.351 e. The van der Waals surface area contributed by atoms with Gasteiger partial charge in [-0.1, -0.05) is 30.3 Å². The fourth-order valence-corrected chi connectivity index (χ4v) is 1.50. The number of carbonyl (C=O) groups excluding carboxylic acids is 1. The highest BCUT2D eigenvalue weighted by atomic mass is 16.2. The first-order valence-corrected chi connectivity index (χ1v) is 5.60. The summed E-state index contributed by atoms with van der Waals surface area (Å²) >= 11 is 0. The molecule has 0 saturated carbocycles. The molecule has 2 unspecified atom stereocenters. The molecule has 0 saturated heterocycles. The van der Waals surface area contributed by atoms with Gasteiger partial charge in [0.1, 0.15) is 0 Å². The third-order valence-electron chi connectivity index (χ3n) is 2.42. The number of hydrogen-bond acceptors (Lipinski definition) is 3. The maximum atomic E-state index is 11.7. The zero-order valence-electron chi connectivity index (χ0n) is 9.89. The topological polar surface area (TPSA) is 78.9 Å². The lowest BCUT2D eigenvalue weighted by molar-refractivity contribution is -0.122. The number of benzene rings is 1. The average molecular weight is 231 g/mol. The number of amides is 1. The second-order valence-corrected chi connectivity index (χ2v) is 4.07. The molecule has 2 atom stereocenters. The molecule has 17 heavy (non-hydrogen) atoms. The van der Waals surface area contributed by atoms with Crippen LogP contribution in [0, 0.1) is 11.3 Å². The summed E-state index contributed by atoms with van der Waals surface area (Å²) in [5.74, 6) is -0.211. The minimum Gasteiger partial charge on any atom is -0.351 e. The van der Waals surface area contributed by atoms with E-state index >= 15 is 0 Å². The summed E-state index contributed by atoms with van der Waals surface area (Å²) in [5.41, 5.74) is 6.83. The van der Waals surface area contributed by atoms with E-state index in [-0.39, 0.29) is 11.9 Å². The molecule has 90 valence electrons. The number of carbonyl (C=O) groups is 1. The maximum Gasteiger partial charge on any atom is 0.237 e. The van der Waals surface area contributed by atoms with Gasteiger partial charge >= 0.3 is 0 Å². The molecule has 0 heterocycles. The summed E-state index contributed by atoms with van der Waals surface area (Å²) in [4.78, 5) is 11.7. The maximum absolute atomic E-state index is 11.7. The molecular formula is C13H17N3O. The van der Waals surface area contributed by atoms with Gasteiger partial charge in [-0.15, -0.1) is 0 Å². The molecule has 1 aromatic rings. The second kappa shape index (κ2) is 6.66.